The molecule has 1 unspecified atom stereocenters. The molecule has 29 heavy (non-hydrogen) atoms. The summed E-state index contributed by atoms with van der Waals surface area (Å²) in [7, 11) is -2.54. The van der Waals surface area contributed by atoms with Crippen LogP contribution in [0.1, 0.15) is 18.4 Å². The number of nitrogens with zero attached hydrogens (tertiary/aromatic N) is 3. The molecule has 0 aromatic heterocycles. The molecule has 0 radical (unpaired) electrons. The van der Waals surface area contributed by atoms with Gasteiger partial charge in [0.2, 0.25) is 16.0 Å². The summed E-state index contributed by atoms with van der Waals surface area (Å²) in [5.74, 6) is -5.19. The van der Waals surface area contributed by atoms with Crippen molar-refractivity contribution < 1.29 is 31.6 Å². The average molecular weight is 428 g/mol. The number of carbonyl (C=O) groups excluding carboxylic acids is 3. The minimum Gasteiger partial charge on any atom is -0.350 e. The van der Waals surface area contributed by atoms with Gasteiger partial charge in [0.05, 0.1) is 5.75 Å². The summed E-state index contributed by atoms with van der Waals surface area (Å²) in [5, 5.41) is 2.23. The van der Waals surface area contributed by atoms with Gasteiger partial charge in [-0.2, -0.15) is 0 Å². The lowest BCUT2D eigenvalue weighted by molar-refractivity contribution is -0.145. The molecule has 2 aliphatic heterocycles. The van der Waals surface area contributed by atoms with E-state index in [0.29, 0.717) is 12.8 Å². The molecule has 156 valence electrons. The van der Waals surface area contributed by atoms with Gasteiger partial charge in [0.25, 0.3) is 17.6 Å². The highest BCUT2D eigenvalue weighted by Crippen LogP contribution is 2.19. The Hall–Kier alpha value is -2.89. The fourth-order valence-electron chi connectivity index (χ4n) is 3.01. The first kappa shape index (κ1) is 20.8. The normalized spacial score (nSPS) is 21.8. The Bertz CT molecular complexity index is 1010. The quantitative estimate of drug-likeness (QED) is 0.528. The van der Waals surface area contributed by atoms with Gasteiger partial charge in [0.15, 0.2) is 6.04 Å². The van der Waals surface area contributed by atoms with Crippen molar-refractivity contribution in [3.63, 3.8) is 0 Å². The smallest absolute Gasteiger partial charge is 0.299 e. The largest absolute Gasteiger partial charge is 0.350 e. The predicted octanol–water partition coefficient (Wildman–Crippen LogP) is -0.228. The van der Waals surface area contributed by atoms with Gasteiger partial charge >= 0.3 is 0 Å². The fourth-order valence-corrected chi connectivity index (χ4v) is 4.63. The lowest BCUT2D eigenvalue weighted by atomic mass is 10.1. The van der Waals surface area contributed by atoms with E-state index in [4.69, 9.17) is 0 Å². The van der Waals surface area contributed by atoms with Gasteiger partial charge in [-0.25, -0.2) is 26.5 Å². The number of carbonyl (C=O) groups is 3. The van der Waals surface area contributed by atoms with Crippen LogP contribution in [-0.2, 0) is 31.0 Å². The van der Waals surface area contributed by atoms with Crippen LogP contribution < -0.4 is 5.32 Å². The Labute approximate surface area is 165 Å². The molecule has 2 amide bonds. The second-order valence-corrected chi connectivity index (χ2v) is 8.62. The summed E-state index contributed by atoms with van der Waals surface area (Å²) in [5.41, 5.74) is -0.159. The molecule has 0 spiro atoms. The number of likely N-dealkylation sites (N-methyl/N-ethyl adjacent to an activating group) is 1. The molecule has 1 saturated heterocycles. The number of sulfonamides is 1. The van der Waals surface area contributed by atoms with Crippen molar-refractivity contribution in [1.29, 1.82) is 0 Å². The van der Waals surface area contributed by atoms with Crippen LogP contribution in [0.15, 0.2) is 23.2 Å². The first-order valence-corrected chi connectivity index (χ1v) is 10.3. The SMILES string of the molecule is CN1C(=O)C(=O)C(C(=O)NCc2cc(F)ccc2F)N=C1N1CCCCS1(=O)=O. The van der Waals surface area contributed by atoms with Crippen molar-refractivity contribution in [3.05, 3.63) is 35.4 Å². The maximum atomic E-state index is 13.7. The van der Waals surface area contributed by atoms with Crippen LogP contribution in [0.5, 0.6) is 0 Å². The van der Waals surface area contributed by atoms with E-state index in [1.165, 1.54) is 7.05 Å². The van der Waals surface area contributed by atoms with Gasteiger partial charge in [0.1, 0.15) is 11.6 Å². The summed E-state index contributed by atoms with van der Waals surface area (Å²) in [6.45, 7) is -0.376. The standard InChI is InChI=1S/C17H18F2N4O5S/c1-22-16(26)14(24)13(21-17(22)23-6-2-3-7-29(23,27)28)15(25)20-9-10-8-11(18)4-5-12(10)19/h4-5,8,13H,2-3,6-7,9H2,1H3,(H,20,25). The van der Waals surface area contributed by atoms with Gasteiger partial charge in [-0.1, -0.05) is 0 Å². The second-order valence-electron chi connectivity index (χ2n) is 6.61. The number of hydrogen-bond donors (Lipinski definition) is 1. The number of amides is 2. The highest BCUT2D eigenvalue weighted by molar-refractivity contribution is 7.89. The Kier molecular flexibility index (Phi) is 5.64. The van der Waals surface area contributed by atoms with Crippen molar-refractivity contribution in [1.82, 2.24) is 14.5 Å². The van der Waals surface area contributed by atoms with E-state index in [2.05, 4.69) is 10.3 Å². The molecule has 1 aromatic carbocycles. The predicted molar refractivity (Wildman–Crippen MR) is 96.9 cm³/mol. The number of halogens is 2. The monoisotopic (exact) mass is 428 g/mol. The lowest BCUT2D eigenvalue weighted by Crippen LogP contribution is -2.58. The van der Waals surface area contributed by atoms with Crippen LogP contribution in [0.2, 0.25) is 0 Å². The van der Waals surface area contributed by atoms with Crippen LogP contribution in [0.4, 0.5) is 8.78 Å². The van der Waals surface area contributed by atoms with Crippen LogP contribution >= 0.6 is 0 Å². The molecule has 0 aliphatic carbocycles. The summed E-state index contributed by atoms with van der Waals surface area (Å²) < 4.78 is 52.5. The van der Waals surface area contributed by atoms with Gasteiger partial charge < -0.3 is 5.32 Å². The van der Waals surface area contributed by atoms with Crippen LogP contribution in [0.3, 0.4) is 0 Å². The molecular formula is C17H18F2N4O5S. The molecule has 1 N–H and O–H groups in total. The number of ketones is 1. The molecule has 9 nitrogen and oxygen atoms in total. The highest BCUT2D eigenvalue weighted by atomic mass is 32.2. The minimum atomic E-state index is -3.74. The third kappa shape index (κ3) is 4.11. The van der Waals surface area contributed by atoms with Crippen molar-refractivity contribution in [2.24, 2.45) is 4.99 Å². The third-order valence-corrected chi connectivity index (χ3v) is 6.41. The molecule has 1 aromatic rings. The molecule has 2 heterocycles. The molecule has 2 aliphatic rings. The molecule has 0 bridgehead atoms. The molecule has 1 atom stereocenters. The van der Waals surface area contributed by atoms with Gasteiger partial charge in [-0.3, -0.25) is 19.3 Å². The van der Waals surface area contributed by atoms with Crippen molar-refractivity contribution in [3.8, 4) is 0 Å². The van der Waals surface area contributed by atoms with E-state index < -0.39 is 51.8 Å². The molecular weight excluding hydrogens is 410 g/mol. The zero-order valence-electron chi connectivity index (χ0n) is 15.4. The number of guanidine groups is 1. The fraction of sp³-hybridized carbons (Fsp3) is 0.412. The number of nitrogens with one attached hydrogen (secondary N) is 1. The van der Waals surface area contributed by atoms with E-state index >= 15 is 0 Å². The number of hydrogen-bond acceptors (Lipinski definition) is 6. The van der Waals surface area contributed by atoms with Gasteiger partial charge in [0, 0.05) is 25.7 Å². The zero-order chi connectivity index (χ0) is 21.3. The van der Waals surface area contributed by atoms with Crippen molar-refractivity contribution in [2.45, 2.75) is 25.4 Å². The van der Waals surface area contributed by atoms with Crippen LogP contribution in [0.25, 0.3) is 0 Å². The Balaban J connectivity index is 1.85. The highest BCUT2D eigenvalue weighted by Gasteiger charge is 2.43. The van der Waals surface area contributed by atoms with Gasteiger partial charge in [-0.15, -0.1) is 0 Å². The van der Waals surface area contributed by atoms with E-state index in [9.17, 15) is 31.6 Å². The average Bonchev–Trinajstić information content (AvgIpc) is 2.67. The topological polar surface area (TPSA) is 116 Å². The summed E-state index contributed by atoms with van der Waals surface area (Å²) >= 11 is 0. The summed E-state index contributed by atoms with van der Waals surface area (Å²) in [6, 6.07) is 0.864. The molecule has 12 heteroatoms. The van der Waals surface area contributed by atoms with E-state index in [-0.39, 0.29) is 23.8 Å². The maximum Gasteiger partial charge on any atom is 0.299 e. The minimum absolute atomic E-state index is 0.0653. The summed E-state index contributed by atoms with van der Waals surface area (Å²) in [6.07, 6.45) is 0.982. The lowest BCUT2D eigenvalue weighted by Gasteiger charge is -2.35. The first-order valence-electron chi connectivity index (χ1n) is 8.73. The molecule has 0 saturated carbocycles. The van der Waals surface area contributed by atoms with Crippen molar-refractivity contribution in [2.75, 3.05) is 19.3 Å². The zero-order valence-corrected chi connectivity index (χ0v) is 16.2. The number of rotatable bonds is 3. The van der Waals surface area contributed by atoms with Crippen LogP contribution in [-0.4, -0.2) is 66.6 Å². The summed E-state index contributed by atoms with van der Waals surface area (Å²) in [4.78, 5) is 41.6. The van der Waals surface area contributed by atoms with E-state index in [1.54, 1.807) is 0 Å². The Morgan fingerprint density at radius 1 is 1.28 bits per heavy atom. The maximum absolute atomic E-state index is 13.7. The molecule has 3 rings (SSSR count). The molecule has 1 fully saturated rings. The Morgan fingerprint density at radius 2 is 2.00 bits per heavy atom. The van der Waals surface area contributed by atoms with E-state index in [1.807, 2.05) is 0 Å². The van der Waals surface area contributed by atoms with Crippen LogP contribution in [0, 0.1) is 11.6 Å². The number of Topliss-reactive ketones (excluding diaryl/α,β-unsaturated/α-hetero) is 1. The van der Waals surface area contributed by atoms with Crippen molar-refractivity contribution >= 4 is 33.6 Å². The third-order valence-electron chi connectivity index (χ3n) is 4.59. The number of benzene rings is 1. The number of aliphatic imine (C=N–C) groups is 1. The Morgan fingerprint density at radius 3 is 2.69 bits per heavy atom. The first-order chi connectivity index (χ1) is 13.6. The van der Waals surface area contributed by atoms with E-state index in [0.717, 1.165) is 27.4 Å². The van der Waals surface area contributed by atoms with Gasteiger partial charge in [-0.05, 0) is 31.0 Å². The second kappa shape index (κ2) is 7.85.